The van der Waals surface area contributed by atoms with Gasteiger partial charge in [0.1, 0.15) is 11.4 Å². The lowest BCUT2D eigenvalue weighted by molar-refractivity contribution is 0.0167. The van der Waals surface area contributed by atoms with Crippen LogP contribution >= 0.6 is 11.6 Å². The smallest absolute Gasteiger partial charge is 0.410 e. The number of amides is 2. The number of halogens is 1. The van der Waals surface area contributed by atoms with Gasteiger partial charge in [-0.2, -0.15) is 0 Å². The number of fused-ring (bicyclic) bond motifs is 1. The molecule has 172 valence electrons. The number of para-hydroxylation sites is 1. The van der Waals surface area contributed by atoms with E-state index < -0.39 is 11.7 Å². The van der Waals surface area contributed by atoms with E-state index in [1.807, 2.05) is 58.9 Å². The summed E-state index contributed by atoms with van der Waals surface area (Å²) in [6.45, 7) is 10.7. The average molecular weight is 459 g/mol. The van der Waals surface area contributed by atoms with Gasteiger partial charge in [0.2, 0.25) is 0 Å². The number of benzene rings is 2. The topological polar surface area (TPSA) is 59.1 Å². The Morgan fingerprint density at radius 1 is 1.16 bits per heavy atom. The fourth-order valence-corrected chi connectivity index (χ4v) is 3.84. The number of hydrogen-bond acceptors (Lipinski definition) is 4. The molecular weight excluding hydrogens is 428 g/mol. The van der Waals surface area contributed by atoms with Gasteiger partial charge in [0.15, 0.2) is 0 Å². The Balaban J connectivity index is 1.92. The molecule has 0 saturated heterocycles. The van der Waals surface area contributed by atoms with E-state index in [-0.39, 0.29) is 11.9 Å². The van der Waals surface area contributed by atoms with Gasteiger partial charge < -0.3 is 14.4 Å². The third-order valence-electron chi connectivity index (χ3n) is 5.12. The minimum atomic E-state index is -0.604. The van der Waals surface area contributed by atoms with Crippen molar-refractivity contribution in [2.24, 2.45) is 0 Å². The van der Waals surface area contributed by atoms with Gasteiger partial charge in [0.25, 0.3) is 5.91 Å². The van der Waals surface area contributed by atoms with E-state index in [9.17, 15) is 9.59 Å². The second kappa shape index (κ2) is 9.82. The quantitative estimate of drug-likeness (QED) is 0.571. The molecule has 0 fully saturated rings. The zero-order valence-electron chi connectivity index (χ0n) is 19.4. The lowest BCUT2D eigenvalue weighted by atomic mass is 10.1. The summed E-state index contributed by atoms with van der Waals surface area (Å²) < 4.78 is 11.2. The molecule has 0 unspecified atom stereocenters. The molecule has 0 saturated carbocycles. The molecule has 1 atom stereocenters. The predicted molar refractivity (Wildman–Crippen MR) is 127 cm³/mol. The molecule has 32 heavy (non-hydrogen) atoms. The van der Waals surface area contributed by atoms with Gasteiger partial charge in [-0.15, -0.1) is 0 Å². The molecule has 3 rings (SSSR count). The molecule has 0 radical (unpaired) electrons. The Morgan fingerprint density at radius 3 is 2.53 bits per heavy atom. The Bertz CT molecular complexity index is 986. The number of ether oxygens (including phenoxy) is 2. The zero-order valence-corrected chi connectivity index (χ0v) is 20.1. The summed E-state index contributed by atoms with van der Waals surface area (Å²) in [6.07, 6.45) is 0.485. The van der Waals surface area contributed by atoms with Crippen LogP contribution in [0.3, 0.4) is 0 Å². The van der Waals surface area contributed by atoms with Crippen molar-refractivity contribution in [3.8, 4) is 5.75 Å². The number of carbonyl (C=O) groups excluding carboxylic acids is 2. The van der Waals surface area contributed by atoms with Gasteiger partial charge >= 0.3 is 6.09 Å². The molecule has 0 N–H and O–H groups in total. The van der Waals surface area contributed by atoms with E-state index in [4.69, 9.17) is 21.1 Å². The molecule has 2 amide bonds. The Morgan fingerprint density at radius 2 is 1.88 bits per heavy atom. The van der Waals surface area contributed by atoms with Crippen LogP contribution in [-0.4, -0.2) is 41.7 Å². The van der Waals surface area contributed by atoms with Crippen molar-refractivity contribution in [2.45, 2.75) is 59.2 Å². The van der Waals surface area contributed by atoms with Crippen LogP contribution in [0, 0.1) is 0 Å². The molecule has 0 aromatic heterocycles. The van der Waals surface area contributed by atoms with Crippen LogP contribution in [0.25, 0.3) is 0 Å². The number of rotatable bonds is 4. The lowest BCUT2D eigenvalue weighted by Gasteiger charge is -2.31. The number of carbonyl (C=O) groups is 2. The van der Waals surface area contributed by atoms with Crippen molar-refractivity contribution in [3.05, 3.63) is 58.6 Å². The SMILES string of the molecule is CCCOc1ccc(C(=O)N2C[C@@H](C)N(C(=O)OC(C)(C)C)Cc3ccccc32)c(Cl)c1. The third-order valence-corrected chi connectivity index (χ3v) is 5.43. The maximum Gasteiger partial charge on any atom is 0.410 e. The third kappa shape index (κ3) is 5.54. The highest BCUT2D eigenvalue weighted by molar-refractivity contribution is 6.34. The Kier molecular flexibility index (Phi) is 7.34. The van der Waals surface area contributed by atoms with E-state index in [1.165, 1.54) is 0 Å². The van der Waals surface area contributed by atoms with Crippen molar-refractivity contribution in [2.75, 3.05) is 18.1 Å². The van der Waals surface area contributed by atoms with Crippen molar-refractivity contribution in [1.29, 1.82) is 0 Å². The largest absolute Gasteiger partial charge is 0.494 e. The lowest BCUT2D eigenvalue weighted by Crippen LogP contribution is -2.46. The molecule has 1 aliphatic heterocycles. The van der Waals surface area contributed by atoms with Crippen LogP contribution in [0.15, 0.2) is 42.5 Å². The van der Waals surface area contributed by atoms with Crippen molar-refractivity contribution in [1.82, 2.24) is 4.90 Å². The van der Waals surface area contributed by atoms with E-state index >= 15 is 0 Å². The second-order valence-electron chi connectivity index (χ2n) is 8.99. The molecule has 2 aromatic rings. The van der Waals surface area contributed by atoms with Gasteiger partial charge in [-0.05, 0) is 63.9 Å². The molecule has 1 heterocycles. The van der Waals surface area contributed by atoms with Crippen LogP contribution in [0.1, 0.15) is 57.0 Å². The predicted octanol–water partition coefficient (Wildman–Crippen LogP) is 5.91. The van der Waals surface area contributed by atoms with Crippen LogP contribution in [0.5, 0.6) is 5.75 Å². The normalized spacial score (nSPS) is 16.2. The monoisotopic (exact) mass is 458 g/mol. The maximum absolute atomic E-state index is 13.6. The number of anilines is 1. The van der Waals surface area contributed by atoms with Gasteiger partial charge in [0, 0.05) is 12.2 Å². The highest BCUT2D eigenvalue weighted by Crippen LogP contribution is 2.31. The molecular formula is C25H31ClN2O4. The molecule has 0 aliphatic carbocycles. The van der Waals surface area contributed by atoms with Gasteiger partial charge in [-0.25, -0.2) is 4.79 Å². The van der Waals surface area contributed by atoms with E-state index in [0.717, 1.165) is 17.7 Å². The van der Waals surface area contributed by atoms with Crippen LogP contribution in [0.2, 0.25) is 5.02 Å². The first-order valence-electron chi connectivity index (χ1n) is 10.9. The standard InChI is InChI=1S/C25H31ClN2O4/c1-6-13-31-19-11-12-20(21(26)14-19)23(29)28-15-17(2)27(24(30)32-25(3,4)5)16-18-9-7-8-10-22(18)28/h7-12,14,17H,6,13,15-16H2,1-5H3/t17-/m1/s1. The van der Waals surface area contributed by atoms with Crippen molar-refractivity contribution >= 4 is 29.3 Å². The molecule has 7 heteroatoms. The summed E-state index contributed by atoms with van der Waals surface area (Å²) in [5, 5.41) is 0.335. The summed E-state index contributed by atoms with van der Waals surface area (Å²) in [5.41, 5.74) is 1.42. The summed E-state index contributed by atoms with van der Waals surface area (Å²) in [4.78, 5) is 29.8. The molecule has 0 bridgehead atoms. The average Bonchev–Trinajstić information content (AvgIpc) is 2.87. The minimum absolute atomic E-state index is 0.220. The molecule has 1 aliphatic rings. The first kappa shape index (κ1) is 23.9. The van der Waals surface area contributed by atoms with E-state index in [1.54, 1.807) is 28.0 Å². The second-order valence-corrected chi connectivity index (χ2v) is 9.40. The van der Waals surface area contributed by atoms with Crippen molar-refractivity contribution < 1.29 is 19.1 Å². The first-order valence-corrected chi connectivity index (χ1v) is 11.3. The van der Waals surface area contributed by atoms with Gasteiger partial charge in [-0.1, -0.05) is 36.7 Å². The van der Waals surface area contributed by atoms with E-state index in [2.05, 4.69) is 0 Å². The van der Waals surface area contributed by atoms with Crippen LogP contribution in [0.4, 0.5) is 10.5 Å². The Labute approximate surface area is 195 Å². The number of nitrogens with zero attached hydrogens (tertiary/aromatic N) is 2. The Hall–Kier alpha value is -2.73. The van der Waals surface area contributed by atoms with Crippen molar-refractivity contribution in [3.63, 3.8) is 0 Å². The maximum atomic E-state index is 13.6. The van der Waals surface area contributed by atoms with Gasteiger partial charge in [-0.3, -0.25) is 9.69 Å². The molecule has 0 spiro atoms. The van der Waals surface area contributed by atoms with Crippen LogP contribution in [-0.2, 0) is 11.3 Å². The first-order chi connectivity index (χ1) is 15.1. The fraction of sp³-hybridized carbons (Fsp3) is 0.440. The highest BCUT2D eigenvalue weighted by atomic mass is 35.5. The zero-order chi connectivity index (χ0) is 23.5. The van der Waals surface area contributed by atoms with Gasteiger partial charge in [0.05, 0.1) is 29.8 Å². The molecule has 2 aromatic carbocycles. The summed E-state index contributed by atoms with van der Waals surface area (Å²) in [7, 11) is 0. The summed E-state index contributed by atoms with van der Waals surface area (Å²) in [5.74, 6) is 0.413. The summed E-state index contributed by atoms with van der Waals surface area (Å²) >= 11 is 6.47. The molecule has 6 nitrogen and oxygen atoms in total. The minimum Gasteiger partial charge on any atom is -0.494 e. The number of hydrogen-bond donors (Lipinski definition) is 0. The van der Waals surface area contributed by atoms with E-state index in [0.29, 0.717) is 36.0 Å². The highest BCUT2D eigenvalue weighted by Gasteiger charge is 2.34. The fourth-order valence-electron chi connectivity index (χ4n) is 3.59. The van der Waals surface area contributed by atoms with Crippen LogP contribution < -0.4 is 9.64 Å². The summed E-state index contributed by atoms with van der Waals surface area (Å²) in [6, 6.07) is 12.5.